The van der Waals surface area contributed by atoms with E-state index in [-0.39, 0.29) is 81.9 Å². The quantitative estimate of drug-likeness (QED) is 0.0330. The van der Waals surface area contributed by atoms with E-state index < -0.39 is 17.4 Å². The van der Waals surface area contributed by atoms with Gasteiger partial charge in [-0.3, -0.25) is 24.0 Å². The van der Waals surface area contributed by atoms with E-state index in [0.29, 0.717) is 32.4 Å². The molecule has 0 aliphatic heterocycles. The molecule has 0 saturated carbocycles. The fourth-order valence-electron chi connectivity index (χ4n) is 7.24. The third kappa shape index (κ3) is 34.0. The second kappa shape index (κ2) is 39.2. The van der Waals surface area contributed by atoms with Crippen molar-refractivity contribution in [2.45, 2.75) is 214 Å². The molecule has 0 radical (unpaired) electrons. The first-order valence-electron chi connectivity index (χ1n) is 24.4. The topological polar surface area (TPSA) is 135 Å². The Labute approximate surface area is 366 Å². The number of carbonyl (C=O) groups is 5. The standard InChI is InChI=1S/C49H91NO10/c1-8-13-20-27-42(28-21-14-9-2)36-47(54)59-40-49(39-58-46(53)33-26-34-50(6)7,41-60-48(55)37-43(29-22-15-10-3)30-23-16-11-4)38-57-45(52)32-25-19-17-18-24-31-44(51)56-35-12-5/h42-43H,8-41H2,1-7H3. The van der Waals surface area contributed by atoms with E-state index in [1.165, 1.54) is 0 Å². The predicted octanol–water partition coefficient (Wildman–Crippen LogP) is 11.5. The Hall–Kier alpha value is -2.69. The Morgan fingerprint density at radius 1 is 0.400 bits per heavy atom. The summed E-state index contributed by atoms with van der Waals surface area (Å²) in [4.78, 5) is 67.0. The van der Waals surface area contributed by atoms with Crippen molar-refractivity contribution in [2.75, 3.05) is 53.7 Å². The van der Waals surface area contributed by atoms with Crippen LogP contribution in [-0.4, -0.2) is 88.4 Å². The Kier molecular flexibility index (Phi) is 37.4. The Balaban J connectivity index is 6.06. The SMILES string of the molecule is CCCCCC(CCCCC)CC(=O)OCC(COC(=O)CCCCCCCC(=O)OCCC)(COC(=O)CCCN(C)C)COC(=O)CC(CCCCC)CCCCC. The number of hydrogen-bond donors (Lipinski definition) is 0. The molecular formula is C49H91NO10. The summed E-state index contributed by atoms with van der Waals surface area (Å²) in [5, 5.41) is 0. The van der Waals surface area contributed by atoms with Crippen LogP contribution >= 0.6 is 0 Å². The summed E-state index contributed by atoms with van der Waals surface area (Å²) in [5.74, 6) is -1.28. The van der Waals surface area contributed by atoms with E-state index >= 15 is 0 Å². The first kappa shape index (κ1) is 57.3. The van der Waals surface area contributed by atoms with Crippen molar-refractivity contribution in [3.63, 3.8) is 0 Å². The van der Waals surface area contributed by atoms with Gasteiger partial charge in [0.1, 0.15) is 31.8 Å². The van der Waals surface area contributed by atoms with Crippen molar-refractivity contribution < 1.29 is 47.7 Å². The van der Waals surface area contributed by atoms with E-state index in [4.69, 9.17) is 23.7 Å². The maximum atomic E-state index is 13.5. The van der Waals surface area contributed by atoms with Crippen LogP contribution in [0.4, 0.5) is 0 Å². The van der Waals surface area contributed by atoms with Crippen LogP contribution in [0.25, 0.3) is 0 Å². The van der Waals surface area contributed by atoms with E-state index in [2.05, 4.69) is 27.7 Å². The summed E-state index contributed by atoms with van der Waals surface area (Å²) < 4.78 is 28.8. The molecule has 0 bridgehead atoms. The molecule has 352 valence electrons. The second-order valence-electron chi connectivity index (χ2n) is 17.7. The minimum atomic E-state index is -1.27. The van der Waals surface area contributed by atoms with Gasteiger partial charge in [0.25, 0.3) is 0 Å². The molecule has 0 saturated heterocycles. The van der Waals surface area contributed by atoms with Gasteiger partial charge in [-0.2, -0.15) is 0 Å². The van der Waals surface area contributed by atoms with Crippen LogP contribution in [0.15, 0.2) is 0 Å². The maximum Gasteiger partial charge on any atom is 0.306 e. The normalized spacial score (nSPS) is 11.6. The van der Waals surface area contributed by atoms with Crippen LogP contribution in [-0.2, 0) is 47.7 Å². The van der Waals surface area contributed by atoms with Crippen molar-refractivity contribution in [3.05, 3.63) is 0 Å². The smallest absolute Gasteiger partial charge is 0.306 e. The molecule has 0 aromatic heterocycles. The van der Waals surface area contributed by atoms with Gasteiger partial charge in [0.2, 0.25) is 0 Å². The second-order valence-corrected chi connectivity index (χ2v) is 17.7. The largest absolute Gasteiger partial charge is 0.466 e. The number of carbonyl (C=O) groups excluding carboxylic acids is 5. The zero-order valence-corrected chi connectivity index (χ0v) is 39.7. The molecule has 0 aliphatic rings. The zero-order chi connectivity index (χ0) is 44.7. The van der Waals surface area contributed by atoms with Gasteiger partial charge in [-0.25, -0.2) is 0 Å². The lowest BCUT2D eigenvalue weighted by Gasteiger charge is -2.32. The van der Waals surface area contributed by atoms with Crippen molar-refractivity contribution >= 4 is 29.8 Å². The highest BCUT2D eigenvalue weighted by Crippen LogP contribution is 2.27. The van der Waals surface area contributed by atoms with Gasteiger partial charge in [0.05, 0.1) is 6.61 Å². The summed E-state index contributed by atoms with van der Waals surface area (Å²) >= 11 is 0. The third-order valence-corrected chi connectivity index (χ3v) is 11.1. The van der Waals surface area contributed by atoms with Gasteiger partial charge in [-0.1, -0.05) is 131 Å². The van der Waals surface area contributed by atoms with Crippen molar-refractivity contribution in [3.8, 4) is 0 Å². The van der Waals surface area contributed by atoms with Crippen LogP contribution in [0.2, 0.25) is 0 Å². The van der Waals surface area contributed by atoms with Crippen LogP contribution in [0.1, 0.15) is 214 Å². The van der Waals surface area contributed by atoms with Gasteiger partial charge in [0.15, 0.2) is 0 Å². The lowest BCUT2D eigenvalue weighted by Crippen LogP contribution is -2.44. The van der Waals surface area contributed by atoms with Gasteiger partial charge in [0, 0.05) is 32.1 Å². The van der Waals surface area contributed by atoms with E-state index in [0.717, 1.165) is 135 Å². The molecule has 11 heteroatoms. The van der Waals surface area contributed by atoms with Crippen molar-refractivity contribution in [1.29, 1.82) is 0 Å². The van der Waals surface area contributed by atoms with Gasteiger partial charge < -0.3 is 28.6 Å². The molecule has 0 heterocycles. The van der Waals surface area contributed by atoms with Crippen LogP contribution in [0.3, 0.4) is 0 Å². The molecule has 0 amide bonds. The van der Waals surface area contributed by atoms with Crippen LogP contribution in [0, 0.1) is 17.3 Å². The average molecular weight is 854 g/mol. The molecule has 0 rings (SSSR count). The van der Waals surface area contributed by atoms with Crippen molar-refractivity contribution in [2.24, 2.45) is 17.3 Å². The molecule has 11 nitrogen and oxygen atoms in total. The lowest BCUT2D eigenvalue weighted by atomic mass is 9.90. The fourth-order valence-corrected chi connectivity index (χ4v) is 7.24. The zero-order valence-electron chi connectivity index (χ0n) is 39.7. The van der Waals surface area contributed by atoms with E-state index in [9.17, 15) is 24.0 Å². The number of rotatable bonds is 42. The van der Waals surface area contributed by atoms with Gasteiger partial charge in [-0.05, 0) is 83.8 Å². The predicted molar refractivity (Wildman–Crippen MR) is 240 cm³/mol. The Morgan fingerprint density at radius 2 is 0.733 bits per heavy atom. The number of nitrogens with zero attached hydrogens (tertiary/aromatic N) is 1. The number of hydrogen-bond acceptors (Lipinski definition) is 11. The molecule has 0 aliphatic carbocycles. The van der Waals surface area contributed by atoms with E-state index in [1.54, 1.807) is 0 Å². The summed E-state index contributed by atoms with van der Waals surface area (Å²) in [6, 6.07) is 0. The molecule has 0 aromatic carbocycles. The summed E-state index contributed by atoms with van der Waals surface area (Å²) in [5.41, 5.74) is -1.27. The number of esters is 5. The first-order valence-corrected chi connectivity index (χ1v) is 24.4. The third-order valence-electron chi connectivity index (χ3n) is 11.1. The average Bonchev–Trinajstić information content (AvgIpc) is 3.22. The number of ether oxygens (including phenoxy) is 5. The highest BCUT2D eigenvalue weighted by atomic mass is 16.6. The molecule has 0 spiro atoms. The minimum Gasteiger partial charge on any atom is -0.466 e. The first-order chi connectivity index (χ1) is 28.9. The molecular weight excluding hydrogens is 763 g/mol. The molecule has 0 unspecified atom stereocenters. The van der Waals surface area contributed by atoms with Crippen LogP contribution < -0.4 is 0 Å². The highest BCUT2D eigenvalue weighted by molar-refractivity contribution is 5.71. The molecule has 0 aromatic rings. The minimum absolute atomic E-state index is 0.169. The van der Waals surface area contributed by atoms with Gasteiger partial charge in [-0.15, -0.1) is 0 Å². The monoisotopic (exact) mass is 854 g/mol. The fraction of sp³-hybridized carbons (Fsp3) is 0.898. The number of unbranched alkanes of at least 4 members (excludes halogenated alkanes) is 12. The Morgan fingerprint density at radius 3 is 1.08 bits per heavy atom. The molecule has 60 heavy (non-hydrogen) atoms. The molecule has 0 fully saturated rings. The van der Waals surface area contributed by atoms with Crippen LogP contribution in [0.5, 0.6) is 0 Å². The van der Waals surface area contributed by atoms with E-state index in [1.807, 2.05) is 25.9 Å². The molecule has 0 atom stereocenters. The maximum absolute atomic E-state index is 13.5. The Bertz CT molecular complexity index is 1030. The summed E-state index contributed by atoms with van der Waals surface area (Å²) in [6.07, 6.45) is 23.7. The lowest BCUT2D eigenvalue weighted by molar-refractivity contribution is -0.171. The van der Waals surface area contributed by atoms with Crippen molar-refractivity contribution in [1.82, 2.24) is 4.90 Å². The van der Waals surface area contributed by atoms with Gasteiger partial charge >= 0.3 is 29.8 Å². The summed E-state index contributed by atoms with van der Waals surface area (Å²) in [7, 11) is 3.88. The highest BCUT2D eigenvalue weighted by Gasteiger charge is 2.38. The molecule has 0 N–H and O–H groups in total. The summed E-state index contributed by atoms with van der Waals surface area (Å²) in [6.45, 7) is 10.9.